The van der Waals surface area contributed by atoms with Gasteiger partial charge in [-0.15, -0.1) is 0 Å². The third-order valence-electron chi connectivity index (χ3n) is 10.0. The lowest BCUT2D eigenvalue weighted by molar-refractivity contribution is -0.162. The summed E-state index contributed by atoms with van der Waals surface area (Å²) < 4.78 is 18.4. The van der Waals surface area contributed by atoms with Crippen molar-refractivity contribution in [2.24, 2.45) is 17.8 Å². The summed E-state index contributed by atoms with van der Waals surface area (Å²) in [6.45, 7) is 5.60. The number of carbonyl (C=O) groups is 4. The van der Waals surface area contributed by atoms with Gasteiger partial charge < -0.3 is 34.4 Å². The number of allylic oxidation sites excluding steroid dienone is 1. The summed E-state index contributed by atoms with van der Waals surface area (Å²) in [6.07, 6.45) is 6.34. The van der Waals surface area contributed by atoms with E-state index in [9.17, 15) is 24.3 Å². The molecular formula is C38H45N3O8. The number of cyclic esters (lactones) is 1. The van der Waals surface area contributed by atoms with Crippen LogP contribution in [0.3, 0.4) is 0 Å². The number of rotatable bonds is 7. The number of hydrogen-bond acceptors (Lipinski definition) is 8. The number of aliphatic hydroxyl groups is 1. The van der Waals surface area contributed by atoms with E-state index in [0.717, 1.165) is 0 Å². The summed E-state index contributed by atoms with van der Waals surface area (Å²) in [5, 5.41) is 13.6. The Balaban J connectivity index is 1.46. The van der Waals surface area contributed by atoms with Gasteiger partial charge in [0.1, 0.15) is 29.4 Å². The minimum atomic E-state index is -1.53. The molecule has 11 heteroatoms. The molecule has 0 unspecified atom stereocenters. The smallest absolute Gasteiger partial charge is 0.313 e. The van der Waals surface area contributed by atoms with Gasteiger partial charge in [0.15, 0.2) is 0 Å². The van der Waals surface area contributed by atoms with Gasteiger partial charge in [-0.2, -0.15) is 0 Å². The number of amides is 3. The summed E-state index contributed by atoms with van der Waals surface area (Å²) in [7, 11) is 1.57. The van der Waals surface area contributed by atoms with E-state index in [-0.39, 0.29) is 37.3 Å². The summed E-state index contributed by atoms with van der Waals surface area (Å²) in [4.78, 5) is 60.1. The molecule has 260 valence electrons. The molecule has 4 heterocycles. The average Bonchev–Trinajstić information content (AvgIpc) is 3.48. The Kier molecular flexibility index (Phi) is 9.94. The molecule has 6 rings (SSSR count). The van der Waals surface area contributed by atoms with E-state index < -0.39 is 59.6 Å². The van der Waals surface area contributed by atoms with Crippen molar-refractivity contribution < 1.29 is 38.5 Å². The second-order valence-corrected chi connectivity index (χ2v) is 13.7. The Bertz CT molecular complexity index is 1610. The van der Waals surface area contributed by atoms with Gasteiger partial charge in [0, 0.05) is 18.7 Å². The highest BCUT2D eigenvalue weighted by Crippen LogP contribution is 2.54. The Morgan fingerprint density at radius 3 is 2.43 bits per heavy atom. The highest BCUT2D eigenvalue weighted by atomic mass is 16.6. The Morgan fingerprint density at radius 1 is 1.02 bits per heavy atom. The molecule has 3 amide bonds. The molecule has 0 aliphatic carbocycles. The number of carbonyl (C=O) groups excluding carboxylic acids is 4. The zero-order valence-corrected chi connectivity index (χ0v) is 28.4. The number of fused-ring (bicyclic) bond motifs is 2. The summed E-state index contributed by atoms with van der Waals surface area (Å²) in [6, 6.07) is 13.8. The molecule has 4 aliphatic heterocycles. The van der Waals surface area contributed by atoms with Gasteiger partial charge >= 0.3 is 5.97 Å². The normalized spacial score (nSPS) is 31.5. The van der Waals surface area contributed by atoms with Crippen molar-refractivity contribution in [2.45, 2.75) is 76.0 Å². The van der Waals surface area contributed by atoms with E-state index in [0.29, 0.717) is 29.8 Å². The van der Waals surface area contributed by atoms with Crippen LogP contribution < -0.4 is 15.0 Å². The molecule has 49 heavy (non-hydrogen) atoms. The van der Waals surface area contributed by atoms with Crippen molar-refractivity contribution in [3.63, 3.8) is 0 Å². The first-order valence-electron chi connectivity index (χ1n) is 17.0. The second kappa shape index (κ2) is 14.2. The highest BCUT2D eigenvalue weighted by Gasteiger charge is 2.72. The number of hydrogen-bond donors (Lipinski definition) is 2. The maximum absolute atomic E-state index is 14.9. The zero-order chi connectivity index (χ0) is 34.9. The van der Waals surface area contributed by atoms with E-state index in [1.807, 2.05) is 50.3 Å². The number of anilines is 1. The van der Waals surface area contributed by atoms with Crippen molar-refractivity contribution in [1.82, 2.24) is 10.2 Å². The standard InChI is InChI=1S/C38H45N3O8/c1-23(2)21-27(22-42)41-34-36(45)40(26-15-17-28(47-4)18-16-26)20-10-19-38(34)32(35(41)44)31-29(49-38)13-8-9-14-30(43)39-24(3)33(48-37(31)46)25-11-6-5-7-12-25/h5-8,10-13,15-19,23-24,27,29,31-34,42H,9,14,20-22H2,1-4H3,(H,39,43)/b13-8-/t24-,27+,29-,31+,32+,33+,34-,38+/m0/s1. The first kappa shape index (κ1) is 34.4. The molecule has 0 radical (unpaired) electrons. The lowest BCUT2D eigenvalue weighted by Crippen LogP contribution is -2.58. The van der Waals surface area contributed by atoms with Gasteiger partial charge in [-0.3, -0.25) is 19.2 Å². The number of aliphatic hydroxyl groups excluding tert-OH is 1. The van der Waals surface area contributed by atoms with Gasteiger partial charge in [-0.1, -0.05) is 68.5 Å². The molecule has 11 nitrogen and oxygen atoms in total. The molecule has 2 saturated heterocycles. The lowest BCUT2D eigenvalue weighted by Gasteiger charge is -2.39. The predicted molar refractivity (Wildman–Crippen MR) is 181 cm³/mol. The molecule has 0 saturated carbocycles. The van der Waals surface area contributed by atoms with Crippen molar-refractivity contribution in [1.29, 1.82) is 0 Å². The van der Waals surface area contributed by atoms with Crippen molar-refractivity contribution >= 4 is 29.4 Å². The van der Waals surface area contributed by atoms with Crippen LogP contribution in [-0.4, -0.2) is 83.8 Å². The van der Waals surface area contributed by atoms with Crippen LogP contribution in [0.4, 0.5) is 5.69 Å². The number of methoxy groups -OCH3 is 1. The van der Waals surface area contributed by atoms with Crippen molar-refractivity contribution in [3.05, 3.63) is 84.5 Å². The Hall–Kier alpha value is -4.48. The van der Waals surface area contributed by atoms with E-state index >= 15 is 0 Å². The van der Waals surface area contributed by atoms with E-state index in [2.05, 4.69) is 5.32 Å². The third-order valence-corrected chi connectivity index (χ3v) is 10.0. The Labute approximate surface area is 286 Å². The summed E-state index contributed by atoms with van der Waals surface area (Å²) >= 11 is 0. The number of benzene rings is 2. The van der Waals surface area contributed by atoms with Crippen molar-refractivity contribution in [2.75, 3.05) is 25.2 Å². The van der Waals surface area contributed by atoms with Gasteiger partial charge in [-0.05, 0) is 55.5 Å². The molecular weight excluding hydrogens is 626 g/mol. The van der Waals surface area contributed by atoms with Crippen LogP contribution in [-0.2, 0) is 28.7 Å². The maximum atomic E-state index is 14.9. The highest BCUT2D eigenvalue weighted by molar-refractivity contribution is 6.05. The fourth-order valence-electron chi connectivity index (χ4n) is 7.85. The number of likely N-dealkylation sites (tertiary alicyclic amines) is 1. The largest absolute Gasteiger partial charge is 0.497 e. The maximum Gasteiger partial charge on any atom is 0.313 e. The lowest BCUT2D eigenvalue weighted by atomic mass is 9.77. The first-order valence-corrected chi connectivity index (χ1v) is 17.0. The van der Waals surface area contributed by atoms with Crippen LogP contribution >= 0.6 is 0 Å². The van der Waals surface area contributed by atoms with E-state index in [1.165, 1.54) is 4.90 Å². The van der Waals surface area contributed by atoms with Crippen LogP contribution in [0.15, 0.2) is 78.9 Å². The molecule has 2 aromatic rings. The number of nitrogens with zero attached hydrogens (tertiary/aromatic N) is 2. The predicted octanol–water partition coefficient (Wildman–Crippen LogP) is 3.73. The first-order chi connectivity index (χ1) is 23.6. The van der Waals surface area contributed by atoms with E-state index in [4.69, 9.17) is 14.2 Å². The molecule has 0 bridgehead atoms. The number of ether oxygens (including phenoxy) is 3. The van der Waals surface area contributed by atoms with Crippen LogP contribution in [0.25, 0.3) is 0 Å². The van der Waals surface area contributed by atoms with Gasteiger partial charge in [0.05, 0.1) is 37.8 Å². The van der Waals surface area contributed by atoms with Gasteiger partial charge in [0.25, 0.3) is 5.91 Å². The SMILES string of the molecule is COc1ccc(N2CC=C[C@@]34O[C@H]5/C=C\CCC(=O)N[C@@H](C)[C@H](c6ccccc6)OC(=O)[C@H]5[C@@H]3C(=O)N([C@@H](CO)CC(C)C)[C@H]4C2=O)cc1. The fourth-order valence-corrected chi connectivity index (χ4v) is 7.85. The fraction of sp³-hybridized carbons (Fsp3) is 0.474. The van der Waals surface area contributed by atoms with Crippen LogP contribution in [0, 0.1) is 17.8 Å². The van der Waals surface area contributed by atoms with Gasteiger partial charge in [0.2, 0.25) is 11.8 Å². The van der Waals surface area contributed by atoms with Crippen LogP contribution in [0.5, 0.6) is 5.75 Å². The van der Waals surface area contributed by atoms with Gasteiger partial charge in [-0.25, -0.2) is 0 Å². The molecule has 1 spiro atoms. The number of esters is 1. The topological polar surface area (TPSA) is 135 Å². The summed E-state index contributed by atoms with van der Waals surface area (Å²) in [5.74, 6) is -3.16. The molecule has 8 atom stereocenters. The molecule has 2 aromatic carbocycles. The summed E-state index contributed by atoms with van der Waals surface area (Å²) in [5.41, 5.74) is -0.232. The monoisotopic (exact) mass is 671 g/mol. The molecule has 2 fully saturated rings. The second-order valence-electron chi connectivity index (χ2n) is 13.7. The quantitative estimate of drug-likeness (QED) is 0.336. The van der Waals surface area contributed by atoms with Crippen molar-refractivity contribution in [3.8, 4) is 5.75 Å². The Morgan fingerprint density at radius 2 is 1.76 bits per heavy atom. The third kappa shape index (κ3) is 6.37. The van der Waals surface area contributed by atoms with E-state index in [1.54, 1.807) is 61.4 Å². The molecule has 4 aliphatic rings. The minimum Gasteiger partial charge on any atom is -0.497 e. The van der Waals surface area contributed by atoms with Crippen LogP contribution in [0.2, 0.25) is 0 Å². The average molecular weight is 672 g/mol. The zero-order valence-electron chi connectivity index (χ0n) is 28.4. The number of nitrogens with one attached hydrogen (secondary N) is 1. The van der Waals surface area contributed by atoms with Crippen LogP contribution in [0.1, 0.15) is 51.7 Å². The molecule has 0 aromatic heterocycles. The molecule has 2 N–H and O–H groups in total. The minimum absolute atomic E-state index is 0.0988.